The first-order chi connectivity index (χ1) is 5.61. The second kappa shape index (κ2) is 4.20. The summed E-state index contributed by atoms with van der Waals surface area (Å²) in [4.78, 5) is 0. The Labute approximate surface area is 72.7 Å². The highest BCUT2D eigenvalue weighted by molar-refractivity contribution is 7.86. The van der Waals surface area contributed by atoms with Crippen molar-refractivity contribution in [1.29, 1.82) is 0 Å². The van der Waals surface area contributed by atoms with Crippen LogP contribution in [0.3, 0.4) is 0 Å². The van der Waals surface area contributed by atoms with Gasteiger partial charge < -0.3 is 9.29 Å². The molecule has 0 aromatic rings. The zero-order chi connectivity index (χ0) is 9.03. The predicted octanol–water partition coefficient (Wildman–Crippen LogP) is 0.491. The third kappa shape index (κ3) is 3.08. The van der Waals surface area contributed by atoms with Crippen LogP contribution in [-0.4, -0.2) is 31.4 Å². The normalized spacial score (nSPS) is 27.6. The van der Waals surface area contributed by atoms with Crippen molar-refractivity contribution >= 4 is 10.1 Å². The van der Waals surface area contributed by atoms with Gasteiger partial charge in [-0.3, -0.25) is 0 Å². The number of rotatable bonds is 1. The average Bonchev–Trinajstić information content (AvgIpc) is 1.81. The van der Waals surface area contributed by atoms with Gasteiger partial charge >= 0.3 is 0 Å². The SMILES string of the molecule is O=S(=O)([O-])C1CCCCCOC1. The van der Waals surface area contributed by atoms with Crippen LogP contribution in [0.25, 0.3) is 0 Å². The molecular formula is C7H13O4S-. The van der Waals surface area contributed by atoms with Crippen LogP contribution in [0.15, 0.2) is 0 Å². The Bertz CT molecular complexity index is 214. The highest BCUT2D eigenvalue weighted by Crippen LogP contribution is 2.13. The molecule has 0 saturated carbocycles. The average molecular weight is 193 g/mol. The van der Waals surface area contributed by atoms with E-state index in [2.05, 4.69) is 0 Å². The Morgan fingerprint density at radius 2 is 2.00 bits per heavy atom. The van der Waals surface area contributed by atoms with Gasteiger partial charge in [0.05, 0.1) is 22.0 Å². The quantitative estimate of drug-likeness (QED) is 0.568. The summed E-state index contributed by atoms with van der Waals surface area (Å²) >= 11 is 0. The van der Waals surface area contributed by atoms with Crippen LogP contribution in [0.5, 0.6) is 0 Å². The minimum absolute atomic E-state index is 0.0752. The Balaban J connectivity index is 2.51. The lowest BCUT2D eigenvalue weighted by molar-refractivity contribution is 0.116. The molecule has 4 nitrogen and oxygen atoms in total. The Kier molecular flexibility index (Phi) is 3.49. The maximum Gasteiger partial charge on any atom is 0.0998 e. The number of hydrogen-bond acceptors (Lipinski definition) is 4. The van der Waals surface area contributed by atoms with E-state index in [1.165, 1.54) is 0 Å². The molecule has 1 fully saturated rings. The zero-order valence-electron chi connectivity index (χ0n) is 6.86. The molecule has 1 aliphatic heterocycles. The molecule has 0 aromatic carbocycles. The van der Waals surface area contributed by atoms with Gasteiger partial charge in [0.1, 0.15) is 0 Å². The van der Waals surface area contributed by atoms with Crippen molar-refractivity contribution in [3.63, 3.8) is 0 Å². The molecule has 0 aromatic heterocycles. The maximum absolute atomic E-state index is 10.6. The minimum atomic E-state index is -4.14. The van der Waals surface area contributed by atoms with E-state index in [1.807, 2.05) is 0 Å². The van der Waals surface area contributed by atoms with Gasteiger partial charge in [-0.15, -0.1) is 0 Å². The topological polar surface area (TPSA) is 66.4 Å². The van der Waals surface area contributed by atoms with Crippen LogP contribution in [-0.2, 0) is 14.9 Å². The molecule has 1 heterocycles. The molecule has 1 saturated heterocycles. The number of hydrogen-bond donors (Lipinski definition) is 0. The number of ether oxygens (including phenoxy) is 1. The third-order valence-electron chi connectivity index (χ3n) is 2.03. The van der Waals surface area contributed by atoms with E-state index in [4.69, 9.17) is 4.74 Å². The molecule has 0 amide bonds. The van der Waals surface area contributed by atoms with Crippen LogP contribution in [0.2, 0.25) is 0 Å². The van der Waals surface area contributed by atoms with E-state index >= 15 is 0 Å². The van der Waals surface area contributed by atoms with E-state index in [-0.39, 0.29) is 6.61 Å². The van der Waals surface area contributed by atoms with Gasteiger partial charge in [0, 0.05) is 6.61 Å². The lowest BCUT2D eigenvalue weighted by atomic mass is 10.1. The minimum Gasteiger partial charge on any atom is -0.748 e. The highest BCUT2D eigenvalue weighted by Gasteiger charge is 2.17. The van der Waals surface area contributed by atoms with Gasteiger partial charge in [0.25, 0.3) is 0 Å². The van der Waals surface area contributed by atoms with E-state index in [1.54, 1.807) is 0 Å². The molecule has 72 valence electrons. The fourth-order valence-corrected chi connectivity index (χ4v) is 2.00. The maximum atomic E-state index is 10.6. The van der Waals surface area contributed by atoms with Gasteiger partial charge in [0.15, 0.2) is 0 Å². The largest absolute Gasteiger partial charge is 0.748 e. The Morgan fingerprint density at radius 3 is 2.67 bits per heavy atom. The molecule has 0 spiro atoms. The van der Waals surface area contributed by atoms with Crippen LogP contribution in [0, 0.1) is 0 Å². The molecule has 0 N–H and O–H groups in total. The lowest BCUT2D eigenvalue weighted by Gasteiger charge is -2.22. The van der Waals surface area contributed by atoms with E-state index in [0.29, 0.717) is 13.0 Å². The fourth-order valence-electron chi connectivity index (χ4n) is 1.28. The lowest BCUT2D eigenvalue weighted by Crippen LogP contribution is -2.27. The molecule has 1 aliphatic rings. The third-order valence-corrected chi connectivity index (χ3v) is 3.22. The van der Waals surface area contributed by atoms with Gasteiger partial charge in [0.2, 0.25) is 0 Å². The summed E-state index contributed by atoms with van der Waals surface area (Å²) in [6.07, 6.45) is 3.18. The summed E-state index contributed by atoms with van der Waals surface area (Å²) in [5.74, 6) is 0. The van der Waals surface area contributed by atoms with E-state index in [0.717, 1.165) is 19.3 Å². The van der Waals surface area contributed by atoms with Crippen LogP contribution in [0.1, 0.15) is 25.7 Å². The molecular weight excluding hydrogens is 180 g/mol. The summed E-state index contributed by atoms with van der Waals surface area (Å²) in [5, 5.41) is -0.821. The smallest absolute Gasteiger partial charge is 0.0998 e. The van der Waals surface area contributed by atoms with Crippen molar-refractivity contribution in [3.05, 3.63) is 0 Å². The molecule has 1 unspecified atom stereocenters. The van der Waals surface area contributed by atoms with Gasteiger partial charge in [-0.25, -0.2) is 8.42 Å². The molecule has 5 heteroatoms. The molecule has 0 bridgehead atoms. The Morgan fingerprint density at radius 1 is 1.25 bits per heavy atom. The van der Waals surface area contributed by atoms with Crippen molar-refractivity contribution < 1.29 is 17.7 Å². The van der Waals surface area contributed by atoms with Crippen molar-refractivity contribution in [2.45, 2.75) is 30.9 Å². The fraction of sp³-hybridized carbons (Fsp3) is 1.00. The first-order valence-corrected chi connectivity index (χ1v) is 5.60. The summed E-state index contributed by atoms with van der Waals surface area (Å²) < 4.78 is 36.9. The molecule has 1 atom stereocenters. The summed E-state index contributed by atoms with van der Waals surface area (Å²) in [7, 11) is -4.14. The first kappa shape index (κ1) is 9.95. The van der Waals surface area contributed by atoms with Crippen molar-refractivity contribution in [2.75, 3.05) is 13.2 Å². The van der Waals surface area contributed by atoms with Crippen LogP contribution < -0.4 is 0 Å². The van der Waals surface area contributed by atoms with Crippen molar-refractivity contribution in [3.8, 4) is 0 Å². The first-order valence-electron chi connectivity index (χ1n) is 4.13. The predicted molar refractivity (Wildman–Crippen MR) is 42.8 cm³/mol. The van der Waals surface area contributed by atoms with E-state index in [9.17, 15) is 13.0 Å². The van der Waals surface area contributed by atoms with Crippen LogP contribution >= 0.6 is 0 Å². The molecule has 12 heavy (non-hydrogen) atoms. The van der Waals surface area contributed by atoms with Gasteiger partial charge in [-0.2, -0.15) is 0 Å². The van der Waals surface area contributed by atoms with Crippen molar-refractivity contribution in [1.82, 2.24) is 0 Å². The molecule has 1 rings (SSSR count). The molecule has 0 aliphatic carbocycles. The second-order valence-electron chi connectivity index (χ2n) is 3.04. The van der Waals surface area contributed by atoms with Gasteiger partial charge in [-0.05, 0) is 12.8 Å². The summed E-state index contributed by atoms with van der Waals surface area (Å²) in [6, 6.07) is 0. The molecule has 0 radical (unpaired) electrons. The zero-order valence-corrected chi connectivity index (χ0v) is 7.68. The Hall–Kier alpha value is -0.130. The summed E-state index contributed by atoms with van der Waals surface area (Å²) in [5.41, 5.74) is 0. The van der Waals surface area contributed by atoms with Crippen molar-refractivity contribution in [2.24, 2.45) is 0 Å². The van der Waals surface area contributed by atoms with Gasteiger partial charge in [-0.1, -0.05) is 12.8 Å². The second-order valence-corrected chi connectivity index (χ2v) is 4.69. The van der Waals surface area contributed by atoms with Crippen LogP contribution in [0.4, 0.5) is 0 Å². The summed E-state index contributed by atoms with van der Waals surface area (Å²) in [6.45, 7) is 0.651. The monoisotopic (exact) mass is 193 g/mol. The standard InChI is InChI=1S/C7H14O4S/c8-12(9,10)7-4-2-1-3-5-11-6-7/h7H,1-6H2,(H,8,9,10)/p-1. The highest BCUT2D eigenvalue weighted by atomic mass is 32.2. The van der Waals surface area contributed by atoms with E-state index < -0.39 is 15.4 Å².